The van der Waals surface area contributed by atoms with Gasteiger partial charge in [-0.15, -0.1) is 0 Å². The lowest BCUT2D eigenvalue weighted by Gasteiger charge is -2.23. The summed E-state index contributed by atoms with van der Waals surface area (Å²) in [6, 6.07) is 7.37. The van der Waals surface area contributed by atoms with Crippen LogP contribution in [0.5, 0.6) is 0 Å². The summed E-state index contributed by atoms with van der Waals surface area (Å²) < 4.78 is 0. The molecular formula is C17H19ClN2O5. The van der Waals surface area contributed by atoms with E-state index in [1.807, 2.05) is 0 Å². The first-order chi connectivity index (χ1) is 11.8. The average molecular weight is 367 g/mol. The Morgan fingerprint density at radius 1 is 1.08 bits per heavy atom. The van der Waals surface area contributed by atoms with Crippen molar-refractivity contribution in [3.63, 3.8) is 0 Å². The summed E-state index contributed by atoms with van der Waals surface area (Å²) in [5, 5.41) is 19.4. The predicted octanol–water partition coefficient (Wildman–Crippen LogP) is 1.49. The van der Waals surface area contributed by atoms with Gasteiger partial charge in [0.15, 0.2) is 0 Å². The Morgan fingerprint density at radius 2 is 1.68 bits per heavy atom. The Hall–Kier alpha value is -2.38. The van der Waals surface area contributed by atoms with Crippen molar-refractivity contribution in [2.75, 3.05) is 19.6 Å². The molecule has 1 aromatic carbocycles. The number of hydrogen-bond donors (Lipinski definition) is 3. The number of amides is 1. The number of carbonyl (C=O) groups is 3. The zero-order valence-corrected chi connectivity index (χ0v) is 14.1. The highest BCUT2D eigenvalue weighted by Gasteiger charge is 2.38. The average Bonchev–Trinajstić information content (AvgIpc) is 3.17. The highest BCUT2D eigenvalue weighted by atomic mass is 35.5. The number of nitrogens with zero attached hydrogens (tertiary/aromatic N) is 1. The SMILES string of the molecule is O=C(NC1CN2CCC1C2)c1ccc(Cl)cc1.O=C(O)C=CC(=O)O. The summed E-state index contributed by atoms with van der Waals surface area (Å²) in [4.78, 5) is 33.5. The van der Waals surface area contributed by atoms with E-state index >= 15 is 0 Å². The van der Waals surface area contributed by atoms with Gasteiger partial charge in [-0.3, -0.25) is 4.79 Å². The van der Waals surface area contributed by atoms with Gasteiger partial charge in [0.1, 0.15) is 0 Å². The van der Waals surface area contributed by atoms with E-state index in [0.29, 0.717) is 34.7 Å². The first-order valence-corrected chi connectivity index (χ1v) is 8.15. The maximum Gasteiger partial charge on any atom is 0.328 e. The summed E-state index contributed by atoms with van der Waals surface area (Å²) in [5.41, 5.74) is 0.687. The third-order valence-corrected chi connectivity index (χ3v) is 4.38. The van der Waals surface area contributed by atoms with Crippen LogP contribution in [0.3, 0.4) is 0 Å². The molecule has 2 aliphatic heterocycles. The summed E-state index contributed by atoms with van der Waals surface area (Å²) in [7, 11) is 0. The molecule has 0 aliphatic carbocycles. The van der Waals surface area contributed by atoms with Gasteiger partial charge in [0.25, 0.3) is 5.91 Å². The number of hydrogen-bond acceptors (Lipinski definition) is 4. The van der Waals surface area contributed by atoms with Crippen molar-refractivity contribution in [3.8, 4) is 0 Å². The number of carbonyl (C=O) groups excluding carboxylic acids is 1. The Bertz CT molecular complexity index is 658. The monoisotopic (exact) mass is 366 g/mol. The largest absolute Gasteiger partial charge is 0.478 e. The molecule has 3 unspecified atom stereocenters. The molecule has 8 heteroatoms. The first kappa shape index (κ1) is 19.0. The third-order valence-electron chi connectivity index (χ3n) is 4.12. The van der Waals surface area contributed by atoms with E-state index in [1.165, 1.54) is 13.0 Å². The maximum atomic E-state index is 12.0. The van der Waals surface area contributed by atoms with E-state index < -0.39 is 11.9 Å². The van der Waals surface area contributed by atoms with Crippen LogP contribution in [0.2, 0.25) is 5.02 Å². The fourth-order valence-corrected chi connectivity index (χ4v) is 3.07. The van der Waals surface area contributed by atoms with Gasteiger partial charge in [-0.1, -0.05) is 11.6 Å². The molecule has 2 aliphatic rings. The van der Waals surface area contributed by atoms with Crippen LogP contribution >= 0.6 is 11.6 Å². The van der Waals surface area contributed by atoms with E-state index in [0.717, 1.165) is 13.1 Å². The Kier molecular flexibility index (Phi) is 6.55. The summed E-state index contributed by atoms with van der Waals surface area (Å²) in [6.07, 6.45) is 2.33. The second kappa shape index (κ2) is 8.64. The Balaban J connectivity index is 0.000000242. The van der Waals surface area contributed by atoms with Crippen LogP contribution in [-0.4, -0.2) is 58.6 Å². The summed E-state index contributed by atoms with van der Waals surface area (Å²) in [5.74, 6) is -1.86. The number of carboxylic acid groups (broad SMARTS) is 2. The van der Waals surface area contributed by atoms with E-state index in [-0.39, 0.29) is 5.91 Å². The molecule has 0 saturated carbocycles. The third kappa shape index (κ3) is 5.88. The number of nitrogens with one attached hydrogen (secondary N) is 1. The quantitative estimate of drug-likeness (QED) is 0.697. The van der Waals surface area contributed by atoms with Crippen molar-refractivity contribution in [1.29, 1.82) is 0 Å². The number of rotatable bonds is 4. The van der Waals surface area contributed by atoms with E-state index in [2.05, 4.69) is 10.2 Å². The van der Waals surface area contributed by atoms with E-state index in [9.17, 15) is 14.4 Å². The number of halogens is 1. The van der Waals surface area contributed by atoms with Gasteiger partial charge >= 0.3 is 11.9 Å². The lowest BCUT2D eigenvalue weighted by molar-refractivity contribution is -0.134. The number of piperidine rings is 1. The highest BCUT2D eigenvalue weighted by molar-refractivity contribution is 6.30. The van der Waals surface area contributed by atoms with Crippen LogP contribution in [0.1, 0.15) is 16.8 Å². The van der Waals surface area contributed by atoms with Crippen molar-refractivity contribution in [2.45, 2.75) is 12.5 Å². The van der Waals surface area contributed by atoms with Gasteiger partial charge in [-0.25, -0.2) is 9.59 Å². The molecule has 0 aromatic heterocycles. The molecule has 2 fully saturated rings. The second-order valence-electron chi connectivity index (χ2n) is 5.90. The summed E-state index contributed by atoms with van der Waals surface area (Å²) >= 11 is 5.80. The lowest BCUT2D eigenvalue weighted by Crippen LogP contribution is -2.43. The topological polar surface area (TPSA) is 107 Å². The fraction of sp³-hybridized carbons (Fsp3) is 0.353. The zero-order chi connectivity index (χ0) is 18.4. The van der Waals surface area contributed by atoms with E-state index in [1.54, 1.807) is 24.3 Å². The molecule has 0 spiro atoms. The minimum absolute atomic E-state index is 0.0143. The van der Waals surface area contributed by atoms with Crippen LogP contribution in [-0.2, 0) is 9.59 Å². The summed E-state index contributed by atoms with van der Waals surface area (Å²) in [6.45, 7) is 3.34. The molecular weight excluding hydrogens is 348 g/mol. The molecule has 1 aromatic rings. The molecule has 2 bridgehead atoms. The highest BCUT2D eigenvalue weighted by Crippen LogP contribution is 2.27. The van der Waals surface area contributed by atoms with Crippen molar-refractivity contribution in [2.24, 2.45) is 5.92 Å². The van der Waals surface area contributed by atoms with E-state index in [4.69, 9.17) is 21.8 Å². The fourth-order valence-electron chi connectivity index (χ4n) is 2.94. The number of carboxylic acids is 2. The van der Waals surface area contributed by atoms with Gasteiger partial charge in [0, 0.05) is 41.9 Å². The molecule has 7 nitrogen and oxygen atoms in total. The molecule has 3 atom stereocenters. The van der Waals surface area contributed by atoms with Crippen molar-refractivity contribution in [1.82, 2.24) is 10.2 Å². The first-order valence-electron chi connectivity index (χ1n) is 7.78. The molecule has 2 saturated heterocycles. The standard InChI is InChI=1S/C13H15ClN2O.C4H4O4/c14-11-3-1-9(2-4-11)13(17)15-12-8-16-6-5-10(12)7-16;5-3(6)1-2-4(7)8/h1-4,10,12H,5-8H2,(H,15,17);1-2H,(H,5,6)(H,7,8). The van der Waals surface area contributed by atoms with Crippen LogP contribution < -0.4 is 5.32 Å². The van der Waals surface area contributed by atoms with Crippen LogP contribution in [0.4, 0.5) is 0 Å². The van der Waals surface area contributed by atoms with Gasteiger partial charge in [-0.2, -0.15) is 0 Å². The van der Waals surface area contributed by atoms with Gasteiger partial charge in [0.05, 0.1) is 0 Å². The number of fused-ring (bicyclic) bond motifs is 2. The number of benzene rings is 1. The maximum absolute atomic E-state index is 12.0. The Labute approximate surface area is 149 Å². The van der Waals surface area contributed by atoms with Gasteiger partial charge in [-0.05, 0) is 43.1 Å². The molecule has 3 N–H and O–H groups in total. The van der Waals surface area contributed by atoms with Crippen molar-refractivity contribution < 1.29 is 24.6 Å². The molecule has 1 amide bonds. The van der Waals surface area contributed by atoms with Crippen LogP contribution in [0.15, 0.2) is 36.4 Å². The van der Waals surface area contributed by atoms with Gasteiger partial charge in [0.2, 0.25) is 0 Å². The zero-order valence-electron chi connectivity index (χ0n) is 13.4. The predicted molar refractivity (Wildman–Crippen MR) is 91.7 cm³/mol. The normalized spacial score (nSPS) is 23.8. The smallest absolute Gasteiger partial charge is 0.328 e. The molecule has 0 radical (unpaired) electrons. The number of aliphatic carboxylic acids is 2. The van der Waals surface area contributed by atoms with Crippen LogP contribution in [0.25, 0.3) is 0 Å². The molecule has 3 rings (SSSR count). The molecule has 25 heavy (non-hydrogen) atoms. The van der Waals surface area contributed by atoms with Crippen molar-refractivity contribution >= 4 is 29.4 Å². The Morgan fingerprint density at radius 3 is 2.12 bits per heavy atom. The lowest BCUT2D eigenvalue weighted by atomic mass is 9.99. The molecule has 134 valence electrons. The minimum atomic E-state index is -1.26. The second-order valence-corrected chi connectivity index (χ2v) is 6.34. The van der Waals surface area contributed by atoms with Crippen LogP contribution in [0, 0.1) is 5.92 Å². The van der Waals surface area contributed by atoms with Crippen molar-refractivity contribution in [3.05, 3.63) is 47.0 Å². The van der Waals surface area contributed by atoms with Gasteiger partial charge < -0.3 is 20.4 Å². The molecule has 2 heterocycles. The minimum Gasteiger partial charge on any atom is -0.478 e.